The molecule has 0 saturated carbocycles. The van der Waals surface area contributed by atoms with Gasteiger partial charge in [0.2, 0.25) is 5.91 Å². The zero-order valence-corrected chi connectivity index (χ0v) is 12.0. The molecule has 2 aromatic rings. The van der Waals surface area contributed by atoms with E-state index in [9.17, 15) is 4.79 Å². The van der Waals surface area contributed by atoms with Crippen molar-refractivity contribution in [2.75, 3.05) is 11.4 Å². The summed E-state index contributed by atoms with van der Waals surface area (Å²) in [5.74, 6) is 0.213. The molecule has 3 rings (SSSR count). The zero-order chi connectivity index (χ0) is 14.2. The average molecular weight is 265 g/mol. The topological polar surface area (TPSA) is 20.3 Å². The van der Waals surface area contributed by atoms with E-state index in [1.807, 2.05) is 48.2 Å². The lowest BCUT2D eigenvalue weighted by molar-refractivity contribution is -0.122. The molecular weight excluding hydrogens is 246 g/mol. The monoisotopic (exact) mass is 265 g/mol. The SMILES string of the molecule is CCN1C(=O)C(C)(Cc2ccccc2)c2ccccc21. The van der Waals surface area contributed by atoms with Gasteiger partial charge in [-0.15, -0.1) is 0 Å². The Hall–Kier alpha value is -2.09. The summed E-state index contributed by atoms with van der Waals surface area (Å²) in [6.45, 7) is 4.82. The molecule has 0 radical (unpaired) electrons. The summed E-state index contributed by atoms with van der Waals surface area (Å²) in [4.78, 5) is 14.7. The second-order valence-electron chi connectivity index (χ2n) is 5.56. The number of benzene rings is 2. The van der Waals surface area contributed by atoms with Crippen LogP contribution in [0.3, 0.4) is 0 Å². The summed E-state index contributed by atoms with van der Waals surface area (Å²) in [6, 6.07) is 18.4. The molecule has 1 heterocycles. The highest BCUT2D eigenvalue weighted by molar-refractivity contribution is 6.08. The van der Waals surface area contributed by atoms with Gasteiger partial charge in [-0.1, -0.05) is 48.5 Å². The fourth-order valence-corrected chi connectivity index (χ4v) is 3.19. The molecule has 1 aliphatic rings. The molecule has 0 spiro atoms. The van der Waals surface area contributed by atoms with Crippen LogP contribution in [0.2, 0.25) is 0 Å². The van der Waals surface area contributed by atoms with Crippen LogP contribution in [0.15, 0.2) is 54.6 Å². The fraction of sp³-hybridized carbons (Fsp3) is 0.278. The first kappa shape index (κ1) is 12.9. The maximum absolute atomic E-state index is 12.8. The maximum atomic E-state index is 12.8. The Morgan fingerprint density at radius 1 is 1.00 bits per heavy atom. The van der Waals surface area contributed by atoms with Crippen molar-refractivity contribution in [1.82, 2.24) is 0 Å². The number of hydrogen-bond donors (Lipinski definition) is 0. The van der Waals surface area contributed by atoms with E-state index in [1.54, 1.807) is 0 Å². The van der Waals surface area contributed by atoms with E-state index >= 15 is 0 Å². The Bertz CT molecular complexity index is 635. The second kappa shape index (κ2) is 4.78. The third kappa shape index (κ3) is 1.83. The zero-order valence-electron chi connectivity index (χ0n) is 12.0. The van der Waals surface area contributed by atoms with E-state index in [1.165, 1.54) is 5.56 Å². The number of fused-ring (bicyclic) bond motifs is 1. The number of nitrogens with zero attached hydrogens (tertiary/aromatic N) is 1. The Morgan fingerprint density at radius 2 is 1.65 bits per heavy atom. The molecule has 1 atom stereocenters. The van der Waals surface area contributed by atoms with E-state index in [2.05, 4.69) is 25.1 Å². The third-order valence-electron chi connectivity index (χ3n) is 4.22. The second-order valence-corrected chi connectivity index (χ2v) is 5.56. The van der Waals surface area contributed by atoms with Crippen molar-refractivity contribution in [3.05, 3.63) is 65.7 Å². The van der Waals surface area contributed by atoms with Crippen molar-refractivity contribution in [3.63, 3.8) is 0 Å². The van der Waals surface area contributed by atoms with Gasteiger partial charge in [0.1, 0.15) is 0 Å². The molecule has 1 aliphatic heterocycles. The summed E-state index contributed by atoms with van der Waals surface area (Å²) in [7, 11) is 0. The lowest BCUT2D eigenvalue weighted by Gasteiger charge is -2.24. The van der Waals surface area contributed by atoms with Crippen LogP contribution in [0, 0.1) is 0 Å². The predicted octanol–water partition coefficient (Wildman–Crippen LogP) is 3.55. The normalized spacial score (nSPS) is 21.1. The van der Waals surface area contributed by atoms with Crippen LogP contribution in [-0.4, -0.2) is 12.5 Å². The van der Waals surface area contributed by atoms with Crippen LogP contribution < -0.4 is 4.90 Å². The molecule has 0 aromatic heterocycles. The molecule has 2 nitrogen and oxygen atoms in total. The molecule has 1 amide bonds. The molecule has 0 saturated heterocycles. The first-order valence-corrected chi connectivity index (χ1v) is 7.12. The van der Waals surface area contributed by atoms with Gasteiger partial charge in [-0.25, -0.2) is 0 Å². The first-order chi connectivity index (χ1) is 9.66. The van der Waals surface area contributed by atoms with Gasteiger partial charge in [0, 0.05) is 12.2 Å². The molecule has 1 unspecified atom stereocenters. The van der Waals surface area contributed by atoms with Crippen molar-refractivity contribution < 1.29 is 4.79 Å². The number of likely N-dealkylation sites (N-methyl/N-ethyl adjacent to an activating group) is 1. The number of para-hydroxylation sites is 1. The molecular formula is C18H19NO. The van der Waals surface area contributed by atoms with Crippen molar-refractivity contribution in [2.24, 2.45) is 0 Å². The van der Waals surface area contributed by atoms with Gasteiger partial charge >= 0.3 is 0 Å². The minimum absolute atomic E-state index is 0.213. The van der Waals surface area contributed by atoms with Gasteiger partial charge < -0.3 is 4.90 Å². The third-order valence-corrected chi connectivity index (χ3v) is 4.22. The number of carbonyl (C=O) groups excluding carboxylic acids is 1. The molecule has 2 aromatic carbocycles. The number of rotatable bonds is 3. The van der Waals surface area contributed by atoms with Gasteiger partial charge in [0.05, 0.1) is 5.41 Å². The van der Waals surface area contributed by atoms with Gasteiger partial charge in [-0.05, 0) is 37.5 Å². The predicted molar refractivity (Wildman–Crippen MR) is 82.0 cm³/mol. The number of hydrogen-bond acceptors (Lipinski definition) is 1. The minimum atomic E-state index is -0.450. The van der Waals surface area contributed by atoms with Gasteiger partial charge in [-0.2, -0.15) is 0 Å². The first-order valence-electron chi connectivity index (χ1n) is 7.12. The highest BCUT2D eigenvalue weighted by Gasteiger charge is 2.46. The molecule has 0 aliphatic carbocycles. The Kier molecular flexibility index (Phi) is 3.09. The number of amides is 1. The fourth-order valence-electron chi connectivity index (χ4n) is 3.19. The molecule has 0 bridgehead atoms. The van der Waals surface area contributed by atoms with E-state index in [0.29, 0.717) is 0 Å². The highest BCUT2D eigenvalue weighted by Crippen LogP contribution is 2.43. The van der Waals surface area contributed by atoms with Crippen molar-refractivity contribution in [2.45, 2.75) is 25.7 Å². The number of carbonyl (C=O) groups is 1. The lowest BCUT2D eigenvalue weighted by Crippen LogP contribution is -2.39. The van der Waals surface area contributed by atoms with E-state index in [0.717, 1.165) is 24.2 Å². The molecule has 102 valence electrons. The Balaban J connectivity index is 2.06. The van der Waals surface area contributed by atoms with Crippen LogP contribution in [0.5, 0.6) is 0 Å². The van der Waals surface area contributed by atoms with Gasteiger partial charge in [0.25, 0.3) is 0 Å². The van der Waals surface area contributed by atoms with E-state index < -0.39 is 5.41 Å². The van der Waals surface area contributed by atoms with Crippen molar-refractivity contribution in [3.8, 4) is 0 Å². The molecule has 20 heavy (non-hydrogen) atoms. The molecule has 0 fully saturated rings. The standard InChI is InChI=1S/C18H19NO/c1-3-19-16-12-8-7-11-15(16)18(2,17(19)20)13-14-9-5-4-6-10-14/h4-12H,3,13H2,1-2H3. The summed E-state index contributed by atoms with van der Waals surface area (Å²) in [6.07, 6.45) is 0.750. The average Bonchev–Trinajstić information content (AvgIpc) is 2.69. The van der Waals surface area contributed by atoms with E-state index in [4.69, 9.17) is 0 Å². The molecule has 2 heteroatoms. The number of anilines is 1. The summed E-state index contributed by atoms with van der Waals surface area (Å²) < 4.78 is 0. The van der Waals surface area contributed by atoms with E-state index in [-0.39, 0.29) is 5.91 Å². The van der Waals surface area contributed by atoms with Crippen LogP contribution >= 0.6 is 0 Å². The quantitative estimate of drug-likeness (QED) is 0.831. The van der Waals surface area contributed by atoms with Crippen molar-refractivity contribution in [1.29, 1.82) is 0 Å². The highest BCUT2D eigenvalue weighted by atomic mass is 16.2. The lowest BCUT2D eigenvalue weighted by atomic mass is 9.78. The minimum Gasteiger partial charge on any atom is -0.312 e. The van der Waals surface area contributed by atoms with Gasteiger partial charge in [0.15, 0.2) is 0 Å². The van der Waals surface area contributed by atoms with Gasteiger partial charge in [-0.3, -0.25) is 4.79 Å². The summed E-state index contributed by atoms with van der Waals surface area (Å²) >= 11 is 0. The van der Waals surface area contributed by atoms with Crippen LogP contribution in [0.4, 0.5) is 5.69 Å². The van der Waals surface area contributed by atoms with Crippen LogP contribution in [0.1, 0.15) is 25.0 Å². The Labute approximate surface area is 120 Å². The molecule has 0 N–H and O–H groups in total. The summed E-state index contributed by atoms with van der Waals surface area (Å²) in [5, 5.41) is 0. The maximum Gasteiger partial charge on any atom is 0.237 e. The Morgan fingerprint density at radius 3 is 2.35 bits per heavy atom. The smallest absolute Gasteiger partial charge is 0.237 e. The largest absolute Gasteiger partial charge is 0.312 e. The van der Waals surface area contributed by atoms with Crippen LogP contribution in [0.25, 0.3) is 0 Å². The van der Waals surface area contributed by atoms with Crippen molar-refractivity contribution >= 4 is 11.6 Å². The summed E-state index contributed by atoms with van der Waals surface area (Å²) in [5.41, 5.74) is 2.97. The van der Waals surface area contributed by atoms with Crippen LogP contribution in [-0.2, 0) is 16.6 Å².